The Morgan fingerprint density at radius 2 is 1.72 bits per heavy atom. The van der Waals surface area contributed by atoms with Gasteiger partial charge in [0.25, 0.3) is 0 Å². The van der Waals surface area contributed by atoms with Gasteiger partial charge in [-0.15, -0.1) is 0 Å². The Kier molecular flexibility index (Phi) is 6.87. The number of hydrogen-bond acceptors (Lipinski definition) is 2. The first kappa shape index (κ1) is 18.8. The average molecular weight is 340 g/mol. The minimum absolute atomic E-state index is 0.221. The molecule has 4 nitrogen and oxygen atoms in total. The van der Waals surface area contributed by atoms with Gasteiger partial charge in [0.1, 0.15) is 5.75 Å². The molecule has 2 aromatic carbocycles. The van der Waals surface area contributed by atoms with Crippen molar-refractivity contribution in [1.29, 1.82) is 0 Å². The lowest BCUT2D eigenvalue weighted by Gasteiger charge is -2.20. The monoisotopic (exact) mass is 340 g/mol. The van der Waals surface area contributed by atoms with E-state index >= 15 is 0 Å². The van der Waals surface area contributed by atoms with Crippen LogP contribution < -0.4 is 15.4 Å². The number of carbonyl (C=O) groups excluding carboxylic acids is 1. The van der Waals surface area contributed by atoms with Crippen LogP contribution in [0.25, 0.3) is 0 Å². The number of aryl methyl sites for hydroxylation is 1. The van der Waals surface area contributed by atoms with E-state index in [0.717, 1.165) is 17.7 Å². The van der Waals surface area contributed by atoms with E-state index in [1.165, 1.54) is 11.1 Å². The van der Waals surface area contributed by atoms with Gasteiger partial charge in [-0.2, -0.15) is 0 Å². The number of carbonyl (C=O) groups is 1. The molecule has 0 heterocycles. The summed E-state index contributed by atoms with van der Waals surface area (Å²) in [5.41, 5.74) is 3.58. The van der Waals surface area contributed by atoms with Gasteiger partial charge in [0.05, 0.1) is 0 Å². The van der Waals surface area contributed by atoms with Crippen molar-refractivity contribution in [3.63, 3.8) is 0 Å². The van der Waals surface area contributed by atoms with Crippen molar-refractivity contribution in [3.05, 3.63) is 65.2 Å². The van der Waals surface area contributed by atoms with Gasteiger partial charge < -0.3 is 15.4 Å². The van der Waals surface area contributed by atoms with E-state index in [1.807, 2.05) is 31.2 Å². The van der Waals surface area contributed by atoms with Gasteiger partial charge in [0, 0.05) is 6.54 Å². The molecule has 0 bridgehead atoms. The molecule has 1 atom stereocenters. The lowest BCUT2D eigenvalue weighted by Crippen LogP contribution is -2.44. The van der Waals surface area contributed by atoms with Crippen molar-refractivity contribution in [3.8, 4) is 5.75 Å². The normalized spacial score (nSPS) is 11.9. The second-order valence-corrected chi connectivity index (χ2v) is 6.59. The summed E-state index contributed by atoms with van der Waals surface area (Å²) in [7, 11) is 0. The van der Waals surface area contributed by atoms with Gasteiger partial charge in [0.15, 0.2) is 6.23 Å². The van der Waals surface area contributed by atoms with Crippen LogP contribution in [0.15, 0.2) is 48.5 Å². The number of amides is 2. The average Bonchev–Trinajstić information content (AvgIpc) is 2.57. The van der Waals surface area contributed by atoms with E-state index in [-0.39, 0.29) is 6.03 Å². The number of hydrogen-bond donors (Lipinski definition) is 2. The molecule has 0 fully saturated rings. The van der Waals surface area contributed by atoms with E-state index in [1.54, 1.807) is 0 Å². The van der Waals surface area contributed by atoms with Crippen LogP contribution in [0.2, 0.25) is 0 Å². The van der Waals surface area contributed by atoms with E-state index in [4.69, 9.17) is 4.74 Å². The van der Waals surface area contributed by atoms with Crippen LogP contribution in [0.1, 0.15) is 43.4 Å². The summed E-state index contributed by atoms with van der Waals surface area (Å²) in [6, 6.07) is 16.0. The van der Waals surface area contributed by atoms with Crippen molar-refractivity contribution in [1.82, 2.24) is 10.6 Å². The zero-order valence-corrected chi connectivity index (χ0v) is 15.5. The van der Waals surface area contributed by atoms with Crippen LogP contribution in [0.3, 0.4) is 0 Å². The topological polar surface area (TPSA) is 50.4 Å². The van der Waals surface area contributed by atoms with Gasteiger partial charge in [0.2, 0.25) is 0 Å². The summed E-state index contributed by atoms with van der Waals surface area (Å²) in [4.78, 5) is 12.0. The van der Waals surface area contributed by atoms with Crippen molar-refractivity contribution in [2.24, 2.45) is 0 Å². The molecule has 0 aliphatic rings. The maximum absolute atomic E-state index is 12.0. The van der Waals surface area contributed by atoms with Crippen molar-refractivity contribution in [2.45, 2.75) is 46.3 Å². The first-order chi connectivity index (χ1) is 12.0. The molecule has 2 rings (SSSR count). The smallest absolute Gasteiger partial charge is 0.317 e. The molecule has 25 heavy (non-hydrogen) atoms. The highest BCUT2D eigenvalue weighted by molar-refractivity contribution is 5.74. The van der Waals surface area contributed by atoms with Crippen LogP contribution in [0.5, 0.6) is 5.75 Å². The Labute approximate surface area is 150 Å². The highest BCUT2D eigenvalue weighted by atomic mass is 16.5. The minimum atomic E-state index is -0.403. The molecule has 0 radical (unpaired) electrons. The molecule has 2 N–H and O–H groups in total. The molecule has 4 heteroatoms. The second-order valence-electron chi connectivity index (χ2n) is 6.59. The predicted octanol–water partition coefficient (Wildman–Crippen LogP) is 4.39. The number of nitrogens with one attached hydrogen (secondary N) is 2. The van der Waals surface area contributed by atoms with Crippen LogP contribution in [0.4, 0.5) is 4.79 Å². The Morgan fingerprint density at radius 3 is 2.40 bits per heavy atom. The molecule has 134 valence electrons. The summed E-state index contributed by atoms with van der Waals surface area (Å²) in [6.45, 7) is 8.73. The zero-order chi connectivity index (χ0) is 18.2. The van der Waals surface area contributed by atoms with Crippen LogP contribution in [-0.4, -0.2) is 18.8 Å². The van der Waals surface area contributed by atoms with Crippen LogP contribution >= 0.6 is 0 Å². The Morgan fingerprint density at radius 1 is 1.04 bits per heavy atom. The second kappa shape index (κ2) is 9.11. The lowest BCUT2D eigenvalue weighted by atomic mass is 10.0. The van der Waals surface area contributed by atoms with Crippen LogP contribution in [-0.2, 0) is 6.42 Å². The maximum atomic E-state index is 12.0. The Bertz CT molecular complexity index is 681. The minimum Gasteiger partial charge on any atom is -0.471 e. The summed E-state index contributed by atoms with van der Waals surface area (Å²) >= 11 is 0. The quantitative estimate of drug-likeness (QED) is 0.735. The Hall–Kier alpha value is -2.49. The molecule has 0 aliphatic carbocycles. The van der Waals surface area contributed by atoms with E-state index < -0.39 is 6.23 Å². The number of ether oxygens (including phenoxy) is 1. The summed E-state index contributed by atoms with van der Waals surface area (Å²) < 4.78 is 5.88. The van der Waals surface area contributed by atoms with E-state index in [2.05, 4.69) is 55.7 Å². The highest BCUT2D eigenvalue weighted by Crippen LogP contribution is 2.26. The molecular formula is C21H28N2O2. The highest BCUT2D eigenvalue weighted by Gasteiger charge is 2.12. The summed E-state index contributed by atoms with van der Waals surface area (Å²) in [5.74, 6) is 1.18. The largest absolute Gasteiger partial charge is 0.471 e. The molecule has 0 saturated heterocycles. The molecule has 0 aromatic heterocycles. The number of para-hydroxylation sites is 1. The Balaban J connectivity index is 1.77. The van der Waals surface area contributed by atoms with Gasteiger partial charge in [-0.1, -0.05) is 61.9 Å². The molecule has 0 aliphatic heterocycles. The third-order valence-electron chi connectivity index (χ3n) is 4.00. The third-order valence-corrected chi connectivity index (χ3v) is 4.00. The van der Waals surface area contributed by atoms with E-state index in [0.29, 0.717) is 12.5 Å². The summed E-state index contributed by atoms with van der Waals surface area (Å²) in [5, 5.41) is 5.69. The number of rotatable bonds is 7. The molecule has 1 unspecified atom stereocenters. The van der Waals surface area contributed by atoms with Crippen molar-refractivity contribution < 1.29 is 9.53 Å². The van der Waals surface area contributed by atoms with Crippen molar-refractivity contribution in [2.75, 3.05) is 6.54 Å². The molecular weight excluding hydrogens is 312 g/mol. The number of benzene rings is 2. The van der Waals surface area contributed by atoms with Gasteiger partial charge >= 0.3 is 6.03 Å². The first-order valence-corrected chi connectivity index (χ1v) is 8.81. The van der Waals surface area contributed by atoms with Crippen LogP contribution in [0, 0.1) is 6.92 Å². The first-order valence-electron chi connectivity index (χ1n) is 8.81. The summed E-state index contributed by atoms with van der Waals surface area (Å²) in [6.07, 6.45) is 0.401. The SMILES string of the molecule is Cc1ccc(CCNC(=O)NC(C)Oc2ccccc2C(C)C)cc1. The fourth-order valence-corrected chi connectivity index (χ4v) is 2.60. The standard InChI is InChI=1S/C21H28N2O2/c1-15(2)19-7-5-6-8-20(19)25-17(4)23-21(24)22-14-13-18-11-9-16(3)10-12-18/h5-12,15,17H,13-14H2,1-4H3,(H2,22,23,24). The predicted molar refractivity (Wildman–Crippen MR) is 102 cm³/mol. The molecule has 0 spiro atoms. The fourth-order valence-electron chi connectivity index (χ4n) is 2.60. The molecule has 2 amide bonds. The van der Waals surface area contributed by atoms with E-state index in [9.17, 15) is 4.79 Å². The van der Waals surface area contributed by atoms with Gasteiger partial charge in [-0.05, 0) is 43.4 Å². The number of urea groups is 1. The third kappa shape index (κ3) is 6.14. The molecule has 0 saturated carbocycles. The van der Waals surface area contributed by atoms with Gasteiger partial charge in [-0.3, -0.25) is 0 Å². The van der Waals surface area contributed by atoms with Crippen molar-refractivity contribution >= 4 is 6.03 Å². The van der Waals surface area contributed by atoms with Gasteiger partial charge in [-0.25, -0.2) is 4.79 Å². The lowest BCUT2D eigenvalue weighted by molar-refractivity contribution is 0.175. The fraction of sp³-hybridized carbons (Fsp3) is 0.381. The zero-order valence-electron chi connectivity index (χ0n) is 15.5. The maximum Gasteiger partial charge on any atom is 0.317 e. The molecule has 2 aromatic rings.